The molecule has 1 aromatic rings. The summed E-state index contributed by atoms with van der Waals surface area (Å²) in [6, 6.07) is 8.31. The predicted octanol–water partition coefficient (Wildman–Crippen LogP) is 4.05. The molecular formula is C18H28N2O. The smallest absolute Gasteiger partial charge is 0.219 e. The number of amides is 1. The average Bonchev–Trinajstić information content (AvgIpc) is 2.50. The van der Waals surface area contributed by atoms with Crippen LogP contribution in [0.25, 0.3) is 0 Å². The van der Waals surface area contributed by atoms with Gasteiger partial charge in [0.25, 0.3) is 0 Å². The summed E-state index contributed by atoms with van der Waals surface area (Å²) in [4.78, 5) is 13.1. The third-order valence-corrected chi connectivity index (χ3v) is 4.56. The third-order valence-electron chi connectivity index (χ3n) is 4.56. The van der Waals surface area contributed by atoms with Crippen molar-refractivity contribution in [3.05, 3.63) is 29.8 Å². The van der Waals surface area contributed by atoms with Gasteiger partial charge in [-0.3, -0.25) is 4.79 Å². The Hall–Kier alpha value is -1.51. The molecule has 1 fully saturated rings. The molecule has 1 saturated carbocycles. The Balaban J connectivity index is 1.85. The Kier molecular flexibility index (Phi) is 6.09. The number of carbonyl (C=O) groups excluding carboxylic acids is 1. The van der Waals surface area contributed by atoms with Crippen LogP contribution >= 0.6 is 0 Å². The first-order valence-electron chi connectivity index (χ1n) is 8.20. The van der Waals surface area contributed by atoms with Crippen molar-refractivity contribution in [2.75, 3.05) is 18.9 Å². The predicted molar refractivity (Wildman–Crippen MR) is 88.3 cm³/mol. The van der Waals surface area contributed by atoms with Gasteiger partial charge in [-0.05, 0) is 24.0 Å². The second-order valence-corrected chi connectivity index (χ2v) is 6.25. The molecule has 0 spiro atoms. The van der Waals surface area contributed by atoms with Gasteiger partial charge in [0, 0.05) is 32.7 Å². The molecule has 116 valence electrons. The summed E-state index contributed by atoms with van der Waals surface area (Å²) in [6.45, 7) is 3.31. The number of nitrogens with zero attached hydrogens (tertiary/aromatic N) is 1. The van der Waals surface area contributed by atoms with E-state index in [0.717, 1.165) is 12.5 Å². The Labute approximate surface area is 128 Å². The second kappa shape index (κ2) is 8.06. The molecule has 3 heteroatoms. The van der Waals surface area contributed by atoms with E-state index in [1.54, 1.807) is 11.8 Å². The van der Waals surface area contributed by atoms with E-state index in [0.29, 0.717) is 6.54 Å². The van der Waals surface area contributed by atoms with Crippen LogP contribution in [0.1, 0.15) is 51.0 Å². The van der Waals surface area contributed by atoms with Gasteiger partial charge in [0.05, 0.1) is 0 Å². The average molecular weight is 288 g/mol. The molecule has 1 amide bonds. The lowest BCUT2D eigenvalue weighted by Crippen LogP contribution is -2.23. The fourth-order valence-electron chi connectivity index (χ4n) is 3.08. The van der Waals surface area contributed by atoms with E-state index < -0.39 is 0 Å². The minimum atomic E-state index is 0.104. The van der Waals surface area contributed by atoms with E-state index in [4.69, 9.17) is 0 Å². The van der Waals surface area contributed by atoms with Gasteiger partial charge in [0.1, 0.15) is 0 Å². The van der Waals surface area contributed by atoms with E-state index in [2.05, 4.69) is 23.5 Å². The molecule has 0 heterocycles. The molecule has 0 saturated heterocycles. The number of benzene rings is 1. The van der Waals surface area contributed by atoms with Gasteiger partial charge in [0.15, 0.2) is 0 Å². The van der Waals surface area contributed by atoms with Crippen molar-refractivity contribution in [3.63, 3.8) is 0 Å². The lowest BCUT2D eigenvalue weighted by molar-refractivity contribution is -0.128. The maximum absolute atomic E-state index is 11.4. The molecule has 21 heavy (non-hydrogen) atoms. The molecule has 2 rings (SSSR count). The maximum atomic E-state index is 11.4. The molecule has 1 aliphatic carbocycles. The summed E-state index contributed by atoms with van der Waals surface area (Å²) in [7, 11) is 1.85. The van der Waals surface area contributed by atoms with E-state index in [1.807, 2.05) is 13.1 Å². The van der Waals surface area contributed by atoms with Crippen LogP contribution in [0.3, 0.4) is 0 Å². The zero-order valence-electron chi connectivity index (χ0n) is 13.4. The lowest BCUT2D eigenvalue weighted by atomic mass is 9.87. The van der Waals surface area contributed by atoms with Crippen LogP contribution in [0.5, 0.6) is 0 Å². The highest BCUT2D eigenvalue weighted by Crippen LogP contribution is 2.26. The van der Waals surface area contributed by atoms with Crippen LogP contribution in [0.4, 0.5) is 5.69 Å². The van der Waals surface area contributed by atoms with Gasteiger partial charge in [-0.2, -0.15) is 0 Å². The number of carbonyl (C=O) groups is 1. The number of hydrogen-bond donors (Lipinski definition) is 1. The van der Waals surface area contributed by atoms with Crippen LogP contribution in [0, 0.1) is 5.92 Å². The molecule has 0 aliphatic heterocycles. The van der Waals surface area contributed by atoms with Crippen molar-refractivity contribution in [1.29, 1.82) is 0 Å². The van der Waals surface area contributed by atoms with E-state index >= 15 is 0 Å². The molecular weight excluding hydrogens is 260 g/mol. The lowest BCUT2D eigenvalue weighted by Gasteiger charge is -2.22. The monoisotopic (exact) mass is 288 g/mol. The highest BCUT2D eigenvalue weighted by molar-refractivity contribution is 5.73. The van der Waals surface area contributed by atoms with Crippen LogP contribution < -0.4 is 5.32 Å². The van der Waals surface area contributed by atoms with Gasteiger partial charge in [0.2, 0.25) is 5.91 Å². The van der Waals surface area contributed by atoms with Crippen molar-refractivity contribution in [2.45, 2.75) is 52.0 Å². The molecule has 1 N–H and O–H groups in total. The minimum absolute atomic E-state index is 0.104. The van der Waals surface area contributed by atoms with Gasteiger partial charge >= 0.3 is 0 Å². The molecule has 0 radical (unpaired) electrons. The standard InChI is InChI=1S/C18H28N2O/c1-15(21)20(2)14-17-10-6-7-11-18(17)19-13-12-16-8-4-3-5-9-16/h6-7,10-11,16,19H,3-5,8-9,12-14H2,1-2H3. The zero-order valence-corrected chi connectivity index (χ0v) is 13.4. The molecule has 0 unspecified atom stereocenters. The molecule has 1 aromatic carbocycles. The molecule has 0 bridgehead atoms. The Morgan fingerprint density at radius 2 is 1.95 bits per heavy atom. The zero-order chi connectivity index (χ0) is 15.1. The van der Waals surface area contributed by atoms with Crippen LogP contribution in [0.2, 0.25) is 0 Å². The number of nitrogens with one attached hydrogen (secondary N) is 1. The number of rotatable bonds is 6. The van der Waals surface area contributed by atoms with Gasteiger partial charge in [-0.25, -0.2) is 0 Å². The quantitative estimate of drug-likeness (QED) is 0.856. The Bertz CT molecular complexity index is 452. The largest absolute Gasteiger partial charge is 0.385 e. The van der Waals surface area contributed by atoms with E-state index in [1.165, 1.54) is 49.8 Å². The summed E-state index contributed by atoms with van der Waals surface area (Å²) in [5, 5.41) is 3.57. The molecule has 0 atom stereocenters. The fourth-order valence-corrected chi connectivity index (χ4v) is 3.08. The summed E-state index contributed by atoms with van der Waals surface area (Å²) >= 11 is 0. The highest BCUT2D eigenvalue weighted by Gasteiger charge is 2.13. The van der Waals surface area contributed by atoms with Crippen molar-refractivity contribution >= 4 is 11.6 Å². The van der Waals surface area contributed by atoms with Gasteiger partial charge < -0.3 is 10.2 Å². The molecule has 1 aliphatic rings. The summed E-state index contributed by atoms with van der Waals surface area (Å²) in [5.74, 6) is 1.00. The van der Waals surface area contributed by atoms with Crippen LogP contribution in [-0.2, 0) is 11.3 Å². The van der Waals surface area contributed by atoms with E-state index in [9.17, 15) is 4.79 Å². The van der Waals surface area contributed by atoms with Crippen molar-refractivity contribution < 1.29 is 4.79 Å². The number of hydrogen-bond acceptors (Lipinski definition) is 2. The summed E-state index contributed by atoms with van der Waals surface area (Å²) in [5.41, 5.74) is 2.36. The molecule has 3 nitrogen and oxygen atoms in total. The minimum Gasteiger partial charge on any atom is -0.385 e. The van der Waals surface area contributed by atoms with Gasteiger partial charge in [-0.15, -0.1) is 0 Å². The first kappa shape index (κ1) is 15.9. The van der Waals surface area contributed by atoms with Crippen molar-refractivity contribution in [2.24, 2.45) is 5.92 Å². The van der Waals surface area contributed by atoms with Crippen molar-refractivity contribution in [1.82, 2.24) is 4.90 Å². The third kappa shape index (κ3) is 5.07. The highest BCUT2D eigenvalue weighted by atomic mass is 16.2. The topological polar surface area (TPSA) is 32.3 Å². The second-order valence-electron chi connectivity index (χ2n) is 6.25. The Morgan fingerprint density at radius 3 is 2.67 bits per heavy atom. The summed E-state index contributed by atoms with van der Waals surface area (Å²) in [6.07, 6.45) is 8.29. The normalized spacial score (nSPS) is 15.7. The SMILES string of the molecule is CC(=O)N(C)Cc1ccccc1NCCC1CCCCC1. The van der Waals surface area contributed by atoms with Crippen LogP contribution in [0.15, 0.2) is 24.3 Å². The van der Waals surface area contributed by atoms with E-state index in [-0.39, 0.29) is 5.91 Å². The van der Waals surface area contributed by atoms with Crippen molar-refractivity contribution in [3.8, 4) is 0 Å². The maximum Gasteiger partial charge on any atom is 0.219 e. The van der Waals surface area contributed by atoms with Gasteiger partial charge in [-0.1, -0.05) is 50.3 Å². The first-order valence-corrected chi connectivity index (χ1v) is 8.20. The fraction of sp³-hybridized carbons (Fsp3) is 0.611. The summed E-state index contributed by atoms with van der Waals surface area (Å²) < 4.78 is 0. The number of anilines is 1. The molecule has 0 aromatic heterocycles. The number of para-hydroxylation sites is 1. The van der Waals surface area contributed by atoms with Crippen LogP contribution in [-0.4, -0.2) is 24.4 Å². The first-order chi connectivity index (χ1) is 10.2. The Morgan fingerprint density at radius 1 is 1.24 bits per heavy atom.